The van der Waals surface area contributed by atoms with Crippen molar-refractivity contribution in [1.82, 2.24) is 15.1 Å². The Morgan fingerprint density at radius 3 is 2.72 bits per heavy atom. The molecule has 2 N–H and O–H groups in total. The van der Waals surface area contributed by atoms with Crippen molar-refractivity contribution < 1.29 is 14.4 Å². The molecule has 0 bridgehead atoms. The minimum absolute atomic E-state index is 0.00679. The maximum absolute atomic E-state index is 13.3. The number of carbonyl (C=O) groups is 3. The number of fused-ring (bicyclic) bond motifs is 3. The highest BCUT2D eigenvalue weighted by atomic mass is 16.2. The van der Waals surface area contributed by atoms with Crippen LogP contribution in [0.25, 0.3) is 0 Å². The number of hydrogen-bond acceptors (Lipinski definition) is 4. The van der Waals surface area contributed by atoms with Crippen molar-refractivity contribution in [3.8, 4) is 0 Å². The molecular weight excluding hydrogens is 368 g/mol. The van der Waals surface area contributed by atoms with Crippen LogP contribution in [0.3, 0.4) is 0 Å². The minimum Gasteiger partial charge on any atom is -0.355 e. The van der Waals surface area contributed by atoms with Crippen LogP contribution in [0, 0.1) is 5.92 Å². The molecule has 0 radical (unpaired) electrons. The Morgan fingerprint density at radius 2 is 1.90 bits per heavy atom. The molecule has 1 aromatic carbocycles. The van der Waals surface area contributed by atoms with E-state index in [-0.39, 0.29) is 29.7 Å². The first kappa shape index (κ1) is 19.9. The summed E-state index contributed by atoms with van der Waals surface area (Å²) in [5.41, 5.74) is 1.75. The number of benzene rings is 1. The van der Waals surface area contributed by atoms with E-state index >= 15 is 0 Å². The lowest BCUT2D eigenvalue weighted by atomic mass is 9.90. The van der Waals surface area contributed by atoms with Crippen molar-refractivity contribution in [2.75, 3.05) is 25.0 Å². The first-order valence-corrected chi connectivity index (χ1v) is 10.8. The highest BCUT2D eigenvalue weighted by molar-refractivity contribution is 5.99. The number of amides is 3. The normalized spacial score (nSPS) is 28.8. The van der Waals surface area contributed by atoms with Gasteiger partial charge < -0.3 is 15.5 Å². The molecule has 29 heavy (non-hydrogen) atoms. The van der Waals surface area contributed by atoms with Gasteiger partial charge in [0.2, 0.25) is 17.7 Å². The predicted octanol–water partition coefficient (Wildman–Crippen LogP) is 1.74. The van der Waals surface area contributed by atoms with Gasteiger partial charge in [-0.3, -0.25) is 19.3 Å². The van der Waals surface area contributed by atoms with Crippen LogP contribution in [0.1, 0.15) is 44.6 Å². The van der Waals surface area contributed by atoms with Crippen LogP contribution in [-0.2, 0) is 20.9 Å². The zero-order chi connectivity index (χ0) is 20.4. The number of para-hydroxylation sites is 1. The molecule has 0 spiro atoms. The van der Waals surface area contributed by atoms with Crippen molar-refractivity contribution in [3.63, 3.8) is 0 Å². The van der Waals surface area contributed by atoms with E-state index in [0.717, 1.165) is 37.1 Å². The standard InChI is InChI=1S/C22H30N4O3/c1-2-15-9-11-23-21(28)18-8-5-12-25(18)13-10-19(27)26-14-16-6-3-4-7-17(16)24-22(29)20(15)26/h3-4,6-7,15,18,20H,2,5,8-14H2,1H3,(H,23,28)(H,24,29)/t15-,18+,20+/m1/s1. The van der Waals surface area contributed by atoms with Gasteiger partial charge >= 0.3 is 0 Å². The molecule has 0 aromatic heterocycles. The molecule has 0 saturated carbocycles. The summed E-state index contributed by atoms with van der Waals surface area (Å²) in [5.74, 6) is -0.0860. The monoisotopic (exact) mass is 398 g/mol. The lowest BCUT2D eigenvalue weighted by molar-refractivity contribution is -0.142. The van der Waals surface area contributed by atoms with E-state index in [9.17, 15) is 14.4 Å². The Kier molecular flexibility index (Phi) is 5.85. The molecule has 0 unspecified atom stereocenters. The van der Waals surface area contributed by atoms with Gasteiger partial charge in [-0.25, -0.2) is 0 Å². The Morgan fingerprint density at radius 1 is 1.07 bits per heavy atom. The SMILES string of the molecule is CC[C@@H]1CCNC(=O)[C@@H]2CCCN2CCC(=O)N2Cc3ccccc3NC(=O)[C@H]12. The van der Waals surface area contributed by atoms with Gasteiger partial charge in [0.15, 0.2) is 0 Å². The lowest BCUT2D eigenvalue weighted by Gasteiger charge is -2.35. The van der Waals surface area contributed by atoms with E-state index in [0.29, 0.717) is 32.5 Å². The second-order valence-electron chi connectivity index (χ2n) is 8.30. The molecule has 1 aromatic rings. The van der Waals surface area contributed by atoms with E-state index in [4.69, 9.17) is 0 Å². The summed E-state index contributed by atoms with van der Waals surface area (Å²) in [6.07, 6.45) is 3.59. The largest absolute Gasteiger partial charge is 0.355 e. The van der Waals surface area contributed by atoms with E-state index in [1.165, 1.54) is 0 Å². The zero-order valence-corrected chi connectivity index (χ0v) is 17.0. The van der Waals surface area contributed by atoms with Gasteiger partial charge in [-0.05, 0) is 43.4 Å². The number of anilines is 1. The Labute approximate surface area is 171 Å². The molecule has 0 aliphatic carbocycles. The number of nitrogens with zero attached hydrogens (tertiary/aromatic N) is 2. The molecule has 156 valence electrons. The Balaban J connectivity index is 1.66. The third-order valence-corrected chi connectivity index (χ3v) is 6.61. The van der Waals surface area contributed by atoms with Gasteiger partial charge in [0, 0.05) is 31.7 Å². The average Bonchev–Trinajstić information content (AvgIpc) is 3.13. The topological polar surface area (TPSA) is 81.8 Å². The van der Waals surface area contributed by atoms with E-state index in [1.807, 2.05) is 31.2 Å². The van der Waals surface area contributed by atoms with Crippen molar-refractivity contribution in [2.24, 2.45) is 5.92 Å². The van der Waals surface area contributed by atoms with Crippen molar-refractivity contribution in [2.45, 2.75) is 57.7 Å². The van der Waals surface area contributed by atoms with E-state index in [1.54, 1.807) is 4.90 Å². The summed E-state index contributed by atoms with van der Waals surface area (Å²) >= 11 is 0. The predicted molar refractivity (Wildman–Crippen MR) is 110 cm³/mol. The van der Waals surface area contributed by atoms with Crippen LogP contribution in [0.4, 0.5) is 5.69 Å². The van der Waals surface area contributed by atoms with Crippen LogP contribution in [0.15, 0.2) is 24.3 Å². The fraction of sp³-hybridized carbons (Fsp3) is 0.591. The first-order valence-electron chi connectivity index (χ1n) is 10.8. The summed E-state index contributed by atoms with van der Waals surface area (Å²) in [6.45, 7) is 4.41. The molecule has 4 rings (SSSR count). The summed E-state index contributed by atoms with van der Waals surface area (Å²) < 4.78 is 0. The Bertz CT molecular complexity index is 796. The van der Waals surface area contributed by atoms with Crippen molar-refractivity contribution in [1.29, 1.82) is 0 Å². The number of rotatable bonds is 1. The molecular formula is C22H30N4O3. The average molecular weight is 399 g/mol. The molecule has 3 amide bonds. The second-order valence-corrected chi connectivity index (χ2v) is 8.30. The van der Waals surface area contributed by atoms with Crippen LogP contribution in [0.5, 0.6) is 0 Å². The van der Waals surface area contributed by atoms with Gasteiger partial charge in [0.1, 0.15) is 6.04 Å². The van der Waals surface area contributed by atoms with Crippen LogP contribution in [0.2, 0.25) is 0 Å². The third-order valence-electron chi connectivity index (χ3n) is 6.61. The van der Waals surface area contributed by atoms with E-state index in [2.05, 4.69) is 15.5 Å². The quantitative estimate of drug-likeness (QED) is 0.755. The lowest BCUT2D eigenvalue weighted by Crippen LogP contribution is -2.52. The van der Waals surface area contributed by atoms with Gasteiger partial charge in [0.05, 0.1) is 6.04 Å². The van der Waals surface area contributed by atoms with Gasteiger partial charge in [-0.2, -0.15) is 0 Å². The van der Waals surface area contributed by atoms with Crippen molar-refractivity contribution in [3.05, 3.63) is 29.8 Å². The Hall–Kier alpha value is -2.41. The molecule has 7 heteroatoms. The fourth-order valence-electron chi connectivity index (χ4n) is 4.98. The van der Waals surface area contributed by atoms with Gasteiger partial charge in [-0.1, -0.05) is 31.5 Å². The van der Waals surface area contributed by atoms with Gasteiger partial charge in [-0.15, -0.1) is 0 Å². The molecule has 3 atom stereocenters. The summed E-state index contributed by atoms with van der Waals surface area (Å²) in [4.78, 5) is 43.0. The van der Waals surface area contributed by atoms with Crippen LogP contribution >= 0.6 is 0 Å². The number of hydrogen-bond donors (Lipinski definition) is 2. The maximum atomic E-state index is 13.3. The molecule has 2 saturated heterocycles. The first-order chi connectivity index (χ1) is 14.1. The molecule has 3 aliphatic heterocycles. The highest BCUT2D eigenvalue weighted by Crippen LogP contribution is 2.30. The van der Waals surface area contributed by atoms with Crippen molar-refractivity contribution >= 4 is 23.4 Å². The fourth-order valence-corrected chi connectivity index (χ4v) is 4.98. The maximum Gasteiger partial charge on any atom is 0.247 e. The van der Waals surface area contributed by atoms with Crippen LogP contribution in [-0.4, -0.2) is 59.2 Å². The summed E-state index contributed by atoms with van der Waals surface area (Å²) in [7, 11) is 0. The summed E-state index contributed by atoms with van der Waals surface area (Å²) in [5, 5.41) is 6.11. The molecule has 2 fully saturated rings. The molecule has 3 aliphatic rings. The third kappa shape index (κ3) is 4.01. The molecule has 3 heterocycles. The zero-order valence-electron chi connectivity index (χ0n) is 17.0. The number of carbonyl (C=O) groups excluding carboxylic acids is 3. The van der Waals surface area contributed by atoms with Crippen LogP contribution < -0.4 is 10.6 Å². The summed E-state index contributed by atoms with van der Waals surface area (Å²) in [6, 6.07) is 7.04. The van der Waals surface area contributed by atoms with Gasteiger partial charge in [0.25, 0.3) is 0 Å². The second kappa shape index (κ2) is 8.53. The molecule has 7 nitrogen and oxygen atoms in total. The minimum atomic E-state index is -0.523. The highest BCUT2D eigenvalue weighted by Gasteiger charge is 2.39. The number of nitrogens with one attached hydrogen (secondary N) is 2. The van der Waals surface area contributed by atoms with E-state index < -0.39 is 6.04 Å². The smallest absolute Gasteiger partial charge is 0.247 e.